The van der Waals surface area contributed by atoms with E-state index in [1.807, 2.05) is 13.1 Å². The van der Waals surface area contributed by atoms with Crippen LogP contribution in [0.2, 0.25) is 0 Å². The zero-order valence-electron chi connectivity index (χ0n) is 17.9. The summed E-state index contributed by atoms with van der Waals surface area (Å²) >= 11 is 0. The summed E-state index contributed by atoms with van der Waals surface area (Å²) in [6.07, 6.45) is 3.09. The summed E-state index contributed by atoms with van der Waals surface area (Å²) in [5, 5.41) is 12.5. The van der Waals surface area contributed by atoms with Gasteiger partial charge < -0.3 is 20.7 Å². The maximum Gasteiger partial charge on any atom is 0.324 e. The molecule has 0 unspecified atom stereocenters. The van der Waals surface area contributed by atoms with Crippen LogP contribution in [0, 0.1) is 16.7 Å². The monoisotopic (exact) mass is 424 g/mol. The van der Waals surface area contributed by atoms with Crippen molar-refractivity contribution in [2.24, 2.45) is 11.1 Å². The van der Waals surface area contributed by atoms with Gasteiger partial charge in [0.2, 0.25) is 0 Å². The smallest absolute Gasteiger partial charge is 0.324 e. The molecule has 0 amide bonds. The number of ether oxygens (including phenoxy) is 1. The topological polar surface area (TPSA) is 100 Å². The number of hydrogen-bond acceptors (Lipinski definition) is 7. The van der Waals surface area contributed by atoms with E-state index < -0.39 is 0 Å². The average molecular weight is 425 g/mol. The summed E-state index contributed by atoms with van der Waals surface area (Å²) in [6, 6.07) is 16.0. The molecule has 32 heavy (non-hydrogen) atoms. The Kier molecular flexibility index (Phi) is 4.14. The Labute approximate surface area is 186 Å². The predicted octanol–water partition coefficient (Wildman–Crippen LogP) is 3.68. The number of hydrogen-bond donors (Lipinski definition) is 2. The van der Waals surface area contributed by atoms with Crippen LogP contribution in [0.15, 0.2) is 42.5 Å². The Hall–Kier alpha value is -3.63. The minimum Gasteiger partial charge on any atom is -0.424 e. The summed E-state index contributed by atoms with van der Waals surface area (Å²) in [4.78, 5) is 12.0. The number of nitrogens with one attached hydrogen (secondary N) is 1. The molecule has 3 aromatic rings. The van der Waals surface area contributed by atoms with E-state index in [9.17, 15) is 5.26 Å². The van der Waals surface area contributed by atoms with Gasteiger partial charge in [0.1, 0.15) is 11.6 Å². The zero-order chi connectivity index (χ0) is 21.9. The molecule has 0 radical (unpaired) electrons. The van der Waals surface area contributed by atoms with Crippen molar-refractivity contribution in [1.82, 2.24) is 9.97 Å². The molecule has 7 nitrogen and oxygen atoms in total. The minimum atomic E-state index is 0.161. The first-order chi connectivity index (χ1) is 15.6. The van der Waals surface area contributed by atoms with E-state index in [0.29, 0.717) is 17.3 Å². The molecular weight excluding hydrogens is 400 g/mol. The number of nitriles is 1. The third-order valence-electron chi connectivity index (χ3n) is 7.08. The molecule has 2 heterocycles. The summed E-state index contributed by atoms with van der Waals surface area (Å²) in [5.74, 6) is 1.45. The molecule has 1 saturated heterocycles. The van der Waals surface area contributed by atoms with E-state index in [-0.39, 0.29) is 11.5 Å². The maximum absolute atomic E-state index is 9.21. The molecule has 1 atom stereocenters. The summed E-state index contributed by atoms with van der Waals surface area (Å²) < 4.78 is 6.05. The lowest BCUT2D eigenvalue weighted by Gasteiger charge is -2.21. The first-order valence-electron chi connectivity index (χ1n) is 11.0. The number of fused-ring (bicyclic) bond motifs is 3. The van der Waals surface area contributed by atoms with Crippen molar-refractivity contribution in [3.05, 3.63) is 59.3 Å². The van der Waals surface area contributed by atoms with Crippen LogP contribution in [0.25, 0.3) is 11.1 Å². The van der Waals surface area contributed by atoms with Crippen molar-refractivity contribution in [2.75, 3.05) is 30.4 Å². The molecule has 2 aromatic carbocycles. The molecule has 1 aliphatic heterocycles. The number of nitrogens with two attached hydrogens (primary N) is 1. The van der Waals surface area contributed by atoms with Gasteiger partial charge in [-0.1, -0.05) is 18.2 Å². The quantitative estimate of drug-likeness (QED) is 0.515. The Morgan fingerprint density at radius 3 is 2.81 bits per heavy atom. The zero-order valence-corrected chi connectivity index (χ0v) is 17.9. The molecule has 1 spiro atoms. The van der Waals surface area contributed by atoms with Crippen LogP contribution >= 0.6 is 0 Å². The molecule has 1 aromatic heterocycles. The van der Waals surface area contributed by atoms with Crippen LogP contribution < -0.4 is 20.7 Å². The van der Waals surface area contributed by atoms with Gasteiger partial charge >= 0.3 is 6.01 Å². The van der Waals surface area contributed by atoms with E-state index in [0.717, 1.165) is 42.3 Å². The molecule has 2 fully saturated rings. The first kappa shape index (κ1) is 19.1. The Balaban J connectivity index is 1.46. The molecule has 7 heteroatoms. The van der Waals surface area contributed by atoms with E-state index in [1.165, 1.54) is 24.0 Å². The van der Waals surface area contributed by atoms with E-state index in [1.54, 1.807) is 18.2 Å². The van der Waals surface area contributed by atoms with E-state index >= 15 is 0 Å². The summed E-state index contributed by atoms with van der Waals surface area (Å²) in [6.45, 7) is 1.70. The number of aromatic nitrogens is 2. The van der Waals surface area contributed by atoms with Crippen LogP contribution in [0.1, 0.15) is 29.7 Å². The highest BCUT2D eigenvalue weighted by atomic mass is 16.5. The van der Waals surface area contributed by atoms with Gasteiger partial charge in [-0.3, -0.25) is 0 Å². The maximum atomic E-state index is 9.21. The van der Waals surface area contributed by atoms with Crippen LogP contribution in [0.5, 0.6) is 11.8 Å². The van der Waals surface area contributed by atoms with Gasteiger partial charge in [-0.05, 0) is 48.2 Å². The molecule has 0 bridgehead atoms. The summed E-state index contributed by atoms with van der Waals surface area (Å²) in [7, 11) is 1.94. The molecule has 1 saturated carbocycles. The van der Waals surface area contributed by atoms with Crippen molar-refractivity contribution < 1.29 is 4.74 Å². The largest absolute Gasteiger partial charge is 0.424 e. The minimum absolute atomic E-state index is 0.161. The number of rotatable bonds is 4. The number of benzene rings is 2. The van der Waals surface area contributed by atoms with Gasteiger partial charge in [0.25, 0.3) is 0 Å². The second-order valence-corrected chi connectivity index (χ2v) is 9.00. The van der Waals surface area contributed by atoms with Gasteiger partial charge in [0.05, 0.1) is 17.3 Å². The Morgan fingerprint density at radius 1 is 1.22 bits per heavy atom. The van der Waals surface area contributed by atoms with Crippen molar-refractivity contribution in [3.63, 3.8) is 0 Å². The van der Waals surface area contributed by atoms with Gasteiger partial charge in [-0.25, -0.2) is 0 Å². The standard InChI is InChI=1S/C25H24N6O/c1-28-19-7-3-6-17-18(19)11-20-22(17)23(31-13-21(27)25(14-31)8-9-25)30-24(29-20)32-16-5-2-4-15(10-16)12-26/h2-7,10,21,28H,8-9,11,13-14,27H2,1H3/t21-/m0/s1. The van der Waals surface area contributed by atoms with E-state index in [4.69, 9.17) is 20.4 Å². The second-order valence-electron chi connectivity index (χ2n) is 9.00. The predicted molar refractivity (Wildman–Crippen MR) is 123 cm³/mol. The molecular formula is C25H24N6O. The highest BCUT2D eigenvalue weighted by molar-refractivity contribution is 5.88. The van der Waals surface area contributed by atoms with Gasteiger partial charge in [0.15, 0.2) is 0 Å². The third-order valence-corrected chi connectivity index (χ3v) is 7.08. The van der Waals surface area contributed by atoms with Crippen LogP contribution in [0.3, 0.4) is 0 Å². The third kappa shape index (κ3) is 2.91. The first-order valence-corrected chi connectivity index (χ1v) is 11.0. The van der Waals surface area contributed by atoms with Crippen LogP contribution in [-0.2, 0) is 6.42 Å². The normalized spacial score (nSPS) is 19.4. The summed E-state index contributed by atoms with van der Waals surface area (Å²) in [5.41, 5.74) is 12.8. The van der Waals surface area contributed by atoms with Crippen molar-refractivity contribution in [1.29, 1.82) is 5.26 Å². The van der Waals surface area contributed by atoms with E-state index in [2.05, 4.69) is 34.5 Å². The lowest BCUT2D eigenvalue weighted by Crippen LogP contribution is -2.30. The molecule has 3 N–H and O–H groups in total. The van der Waals surface area contributed by atoms with Crippen LogP contribution in [0.4, 0.5) is 11.5 Å². The average Bonchev–Trinajstić information content (AvgIpc) is 3.39. The fourth-order valence-electron chi connectivity index (χ4n) is 5.14. The highest BCUT2D eigenvalue weighted by Crippen LogP contribution is 2.54. The van der Waals surface area contributed by atoms with Gasteiger partial charge in [-0.2, -0.15) is 15.2 Å². The lowest BCUT2D eigenvalue weighted by atomic mass is 10.0. The van der Waals surface area contributed by atoms with Crippen molar-refractivity contribution in [2.45, 2.75) is 25.3 Å². The van der Waals surface area contributed by atoms with Gasteiger partial charge in [0, 0.05) is 49.3 Å². The molecule has 2 aliphatic carbocycles. The van der Waals surface area contributed by atoms with Crippen LogP contribution in [-0.4, -0.2) is 36.1 Å². The fourth-order valence-corrected chi connectivity index (χ4v) is 5.14. The van der Waals surface area contributed by atoms with Gasteiger partial charge in [-0.15, -0.1) is 0 Å². The number of nitrogens with zero attached hydrogens (tertiary/aromatic N) is 4. The van der Waals surface area contributed by atoms with Crippen molar-refractivity contribution >= 4 is 11.5 Å². The molecule has 3 aliphatic rings. The number of anilines is 2. The lowest BCUT2D eigenvalue weighted by molar-refractivity contribution is 0.440. The Bertz CT molecular complexity index is 1280. The Morgan fingerprint density at radius 2 is 2.06 bits per heavy atom. The highest BCUT2D eigenvalue weighted by Gasteiger charge is 2.54. The van der Waals surface area contributed by atoms with Crippen molar-refractivity contribution in [3.8, 4) is 29.0 Å². The molecule has 6 rings (SSSR count). The SMILES string of the molecule is CNc1cccc2c1Cc1nc(Oc3cccc(C#N)c3)nc(N3C[C@H](N)C4(CC4)C3)c1-2. The second kappa shape index (κ2) is 6.94. The molecule has 160 valence electrons. The fraction of sp³-hybridized carbons (Fsp3) is 0.320.